The van der Waals surface area contributed by atoms with Crippen LogP contribution in [0.4, 0.5) is 10.8 Å². The summed E-state index contributed by atoms with van der Waals surface area (Å²) >= 11 is 2.53. The second kappa shape index (κ2) is 9.38. The van der Waals surface area contributed by atoms with Crippen LogP contribution in [0.5, 0.6) is 5.75 Å². The van der Waals surface area contributed by atoms with Crippen molar-refractivity contribution in [2.24, 2.45) is 5.92 Å². The third kappa shape index (κ3) is 6.02. The van der Waals surface area contributed by atoms with Crippen LogP contribution in [0.1, 0.15) is 20.3 Å². The second-order valence-corrected chi connectivity index (χ2v) is 7.44. The first kappa shape index (κ1) is 19.2. The molecule has 1 aromatic carbocycles. The van der Waals surface area contributed by atoms with Crippen molar-refractivity contribution in [2.75, 3.05) is 23.5 Å². The molecule has 1 heterocycles. The van der Waals surface area contributed by atoms with E-state index in [0.29, 0.717) is 15.2 Å². The van der Waals surface area contributed by atoms with Crippen molar-refractivity contribution in [3.8, 4) is 5.75 Å². The van der Waals surface area contributed by atoms with Gasteiger partial charge in [-0.05, 0) is 30.7 Å². The minimum Gasteiger partial charge on any atom is -0.497 e. The number of hydrogen-bond donors (Lipinski definition) is 2. The van der Waals surface area contributed by atoms with Crippen molar-refractivity contribution < 1.29 is 14.3 Å². The number of methoxy groups -OCH3 is 1. The molecule has 2 N–H and O–H groups in total. The second-order valence-electron chi connectivity index (χ2n) is 5.24. The van der Waals surface area contributed by atoms with E-state index in [1.807, 2.05) is 13.8 Å². The van der Waals surface area contributed by atoms with E-state index in [9.17, 15) is 9.59 Å². The Kier molecular flexibility index (Phi) is 7.20. The first-order chi connectivity index (χ1) is 12.0. The molecule has 1 aromatic heterocycles. The molecule has 0 radical (unpaired) electrons. The smallest absolute Gasteiger partial charge is 0.234 e. The summed E-state index contributed by atoms with van der Waals surface area (Å²) in [6, 6.07) is 7.10. The third-order valence-corrected chi connectivity index (χ3v) is 5.37. The van der Waals surface area contributed by atoms with Gasteiger partial charge in [0.2, 0.25) is 16.9 Å². The van der Waals surface area contributed by atoms with E-state index < -0.39 is 0 Å². The molecule has 9 heteroatoms. The number of benzene rings is 1. The predicted molar refractivity (Wildman–Crippen MR) is 100 cm³/mol. The van der Waals surface area contributed by atoms with Gasteiger partial charge < -0.3 is 15.4 Å². The zero-order chi connectivity index (χ0) is 18.2. The molecule has 0 bridgehead atoms. The highest BCUT2D eigenvalue weighted by Gasteiger charge is 2.14. The van der Waals surface area contributed by atoms with Crippen LogP contribution in [0.3, 0.4) is 0 Å². The first-order valence-electron chi connectivity index (χ1n) is 7.73. The molecule has 0 aliphatic rings. The topological polar surface area (TPSA) is 93.2 Å². The van der Waals surface area contributed by atoms with Crippen LogP contribution < -0.4 is 15.4 Å². The Hall–Kier alpha value is -2.13. The number of amides is 2. The third-order valence-electron chi connectivity index (χ3n) is 3.40. The number of nitrogens with zero attached hydrogens (tertiary/aromatic N) is 2. The number of hydrogen-bond acceptors (Lipinski definition) is 7. The number of ether oxygens (including phenoxy) is 1. The molecular formula is C16H20N4O3S2. The average Bonchev–Trinajstić information content (AvgIpc) is 3.07. The number of rotatable bonds is 8. The lowest BCUT2D eigenvalue weighted by atomic mass is 10.1. The van der Waals surface area contributed by atoms with Crippen LogP contribution in [0.2, 0.25) is 0 Å². The van der Waals surface area contributed by atoms with Crippen molar-refractivity contribution in [1.29, 1.82) is 0 Å². The molecule has 0 spiro atoms. The maximum Gasteiger partial charge on any atom is 0.234 e. The van der Waals surface area contributed by atoms with Gasteiger partial charge in [0.1, 0.15) is 5.75 Å². The van der Waals surface area contributed by atoms with Gasteiger partial charge in [0, 0.05) is 11.6 Å². The lowest BCUT2D eigenvalue weighted by Crippen LogP contribution is -2.19. The van der Waals surface area contributed by atoms with E-state index >= 15 is 0 Å². The fourth-order valence-electron chi connectivity index (χ4n) is 1.73. The van der Waals surface area contributed by atoms with Crippen LogP contribution in [-0.4, -0.2) is 34.9 Å². The summed E-state index contributed by atoms with van der Waals surface area (Å²) in [4.78, 5) is 23.8. The monoisotopic (exact) mass is 380 g/mol. The molecule has 2 aromatic rings. The number of thioether (sulfide) groups is 1. The van der Waals surface area contributed by atoms with Crippen molar-refractivity contribution in [3.05, 3.63) is 24.3 Å². The van der Waals surface area contributed by atoms with Gasteiger partial charge in [-0.3, -0.25) is 9.59 Å². The molecule has 7 nitrogen and oxygen atoms in total. The Morgan fingerprint density at radius 3 is 2.60 bits per heavy atom. The van der Waals surface area contributed by atoms with Gasteiger partial charge in [-0.1, -0.05) is 36.9 Å². The van der Waals surface area contributed by atoms with Gasteiger partial charge in [0.25, 0.3) is 0 Å². The number of carbonyl (C=O) groups excluding carboxylic acids is 2. The molecule has 0 aliphatic heterocycles. The highest BCUT2D eigenvalue weighted by molar-refractivity contribution is 8.01. The van der Waals surface area contributed by atoms with E-state index in [4.69, 9.17) is 4.74 Å². The van der Waals surface area contributed by atoms with Crippen LogP contribution in [-0.2, 0) is 9.59 Å². The molecule has 25 heavy (non-hydrogen) atoms. The highest BCUT2D eigenvalue weighted by Crippen LogP contribution is 2.26. The molecule has 0 unspecified atom stereocenters. The summed E-state index contributed by atoms with van der Waals surface area (Å²) in [6.07, 6.45) is 0.762. The molecule has 0 saturated carbocycles. The maximum atomic E-state index is 12.0. The van der Waals surface area contributed by atoms with Gasteiger partial charge in [0.15, 0.2) is 4.34 Å². The Morgan fingerprint density at radius 1 is 1.24 bits per heavy atom. The summed E-state index contributed by atoms with van der Waals surface area (Å²) in [5.74, 6) is 0.645. The van der Waals surface area contributed by atoms with Crippen molar-refractivity contribution in [3.63, 3.8) is 0 Å². The van der Waals surface area contributed by atoms with Crippen LogP contribution in [0.25, 0.3) is 0 Å². The molecule has 0 aliphatic carbocycles. The van der Waals surface area contributed by atoms with E-state index in [1.54, 1.807) is 31.4 Å². The largest absolute Gasteiger partial charge is 0.497 e. The van der Waals surface area contributed by atoms with Crippen molar-refractivity contribution in [2.45, 2.75) is 24.6 Å². The average molecular weight is 380 g/mol. The molecule has 0 fully saturated rings. The quantitative estimate of drug-likeness (QED) is 0.539. The van der Waals surface area contributed by atoms with Gasteiger partial charge in [-0.2, -0.15) is 0 Å². The van der Waals surface area contributed by atoms with Gasteiger partial charge in [-0.15, -0.1) is 10.2 Å². The SMILES string of the molecule is CC[C@H](C)C(=O)Nc1nnc(SCC(=O)Nc2ccc(OC)cc2)s1. The lowest BCUT2D eigenvalue weighted by molar-refractivity contribution is -0.119. The summed E-state index contributed by atoms with van der Waals surface area (Å²) in [5, 5.41) is 13.9. The zero-order valence-electron chi connectivity index (χ0n) is 14.2. The Bertz CT molecular complexity index is 718. The van der Waals surface area contributed by atoms with Crippen LogP contribution in [0, 0.1) is 5.92 Å². The standard InChI is InChI=1S/C16H20N4O3S2/c1-4-10(2)14(22)18-15-19-20-16(25-15)24-9-13(21)17-11-5-7-12(23-3)8-6-11/h5-8,10H,4,9H2,1-3H3,(H,17,21)(H,18,19,22)/t10-/m0/s1. The summed E-state index contributed by atoms with van der Waals surface area (Å²) in [5.41, 5.74) is 0.699. The van der Waals surface area contributed by atoms with E-state index in [0.717, 1.165) is 12.2 Å². The Balaban J connectivity index is 1.80. The van der Waals surface area contributed by atoms with E-state index in [1.165, 1.54) is 23.1 Å². The van der Waals surface area contributed by atoms with Crippen molar-refractivity contribution >= 4 is 45.7 Å². The molecular weight excluding hydrogens is 360 g/mol. The molecule has 0 saturated heterocycles. The Labute approximate surface area is 154 Å². The summed E-state index contributed by atoms with van der Waals surface area (Å²) in [6.45, 7) is 3.81. The number of carbonyl (C=O) groups is 2. The van der Waals surface area contributed by atoms with Gasteiger partial charge in [0.05, 0.1) is 12.9 Å². The number of aromatic nitrogens is 2. The first-order valence-corrected chi connectivity index (χ1v) is 9.53. The zero-order valence-corrected chi connectivity index (χ0v) is 15.9. The normalized spacial score (nSPS) is 11.6. The fourth-order valence-corrected chi connectivity index (χ4v) is 3.29. The maximum absolute atomic E-state index is 12.0. The number of anilines is 2. The number of nitrogens with one attached hydrogen (secondary N) is 2. The predicted octanol–water partition coefficient (Wildman–Crippen LogP) is 3.26. The molecule has 1 atom stereocenters. The van der Waals surface area contributed by atoms with Crippen LogP contribution in [0.15, 0.2) is 28.6 Å². The van der Waals surface area contributed by atoms with Crippen LogP contribution >= 0.6 is 23.1 Å². The molecule has 2 amide bonds. The molecule has 2 rings (SSSR count). The highest BCUT2D eigenvalue weighted by atomic mass is 32.2. The van der Waals surface area contributed by atoms with Gasteiger partial charge in [-0.25, -0.2) is 0 Å². The lowest BCUT2D eigenvalue weighted by Gasteiger charge is -2.06. The Morgan fingerprint density at radius 2 is 1.96 bits per heavy atom. The summed E-state index contributed by atoms with van der Waals surface area (Å²) in [7, 11) is 1.59. The molecule has 134 valence electrons. The van der Waals surface area contributed by atoms with Gasteiger partial charge >= 0.3 is 0 Å². The minimum absolute atomic E-state index is 0.0738. The fraction of sp³-hybridized carbons (Fsp3) is 0.375. The van der Waals surface area contributed by atoms with Crippen molar-refractivity contribution in [1.82, 2.24) is 10.2 Å². The van der Waals surface area contributed by atoms with E-state index in [-0.39, 0.29) is 23.5 Å². The van der Waals surface area contributed by atoms with E-state index in [2.05, 4.69) is 20.8 Å². The summed E-state index contributed by atoms with van der Waals surface area (Å²) < 4.78 is 5.70. The minimum atomic E-state index is -0.143.